The van der Waals surface area contributed by atoms with Crippen molar-refractivity contribution in [2.75, 3.05) is 6.54 Å². The van der Waals surface area contributed by atoms with Gasteiger partial charge in [0.1, 0.15) is 0 Å². The number of hydrogen-bond donors (Lipinski definition) is 2. The molecular weight excluding hydrogens is 364 g/mol. The number of benzene rings is 1. The summed E-state index contributed by atoms with van der Waals surface area (Å²) in [5.41, 5.74) is 2.00. The van der Waals surface area contributed by atoms with Gasteiger partial charge in [0.15, 0.2) is 0 Å². The lowest BCUT2D eigenvalue weighted by Gasteiger charge is -2.20. The van der Waals surface area contributed by atoms with Crippen LogP contribution in [0.2, 0.25) is 0 Å². The van der Waals surface area contributed by atoms with Crippen molar-refractivity contribution < 1.29 is 36.2 Å². The van der Waals surface area contributed by atoms with Gasteiger partial charge in [-0.15, -0.1) is 0 Å². The summed E-state index contributed by atoms with van der Waals surface area (Å²) in [6, 6.07) is 2.03. The summed E-state index contributed by atoms with van der Waals surface area (Å²) >= 11 is 0. The van der Waals surface area contributed by atoms with Crippen molar-refractivity contribution >= 4 is 5.97 Å². The standard InChI is InChI=1S/C17H21F6NO2/c1-10(8-11(9-24)15(25)26)4-2-5-12-13(16(18,19)20)6-3-7-14(12)17(21,22)23/h3,6-7,10-11H,2,4-5,8-9,24H2,1H3,(H,25,26). The summed E-state index contributed by atoms with van der Waals surface area (Å²) in [6.07, 6.45) is -9.55. The van der Waals surface area contributed by atoms with Crippen LogP contribution < -0.4 is 5.73 Å². The Bertz CT molecular complexity index is 580. The van der Waals surface area contributed by atoms with E-state index in [1.807, 2.05) is 0 Å². The second kappa shape index (κ2) is 8.75. The molecule has 3 N–H and O–H groups in total. The Balaban J connectivity index is 2.90. The van der Waals surface area contributed by atoms with Gasteiger partial charge in [0.2, 0.25) is 0 Å². The minimum absolute atomic E-state index is 0.0746. The zero-order valence-corrected chi connectivity index (χ0v) is 14.1. The highest BCUT2D eigenvalue weighted by atomic mass is 19.4. The van der Waals surface area contributed by atoms with Gasteiger partial charge in [0, 0.05) is 6.54 Å². The maximum atomic E-state index is 13.1. The lowest BCUT2D eigenvalue weighted by atomic mass is 9.89. The Kier molecular flexibility index (Phi) is 7.49. The number of alkyl halides is 6. The molecule has 2 atom stereocenters. The third-order valence-electron chi connectivity index (χ3n) is 4.23. The first-order valence-corrected chi connectivity index (χ1v) is 8.07. The highest BCUT2D eigenvalue weighted by Crippen LogP contribution is 2.40. The molecule has 1 aromatic rings. The quantitative estimate of drug-likeness (QED) is 0.636. The van der Waals surface area contributed by atoms with Crippen LogP contribution in [0, 0.1) is 11.8 Å². The molecule has 148 valence electrons. The molecule has 0 aliphatic rings. The van der Waals surface area contributed by atoms with E-state index in [1.165, 1.54) is 0 Å². The fraction of sp³-hybridized carbons (Fsp3) is 0.588. The molecule has 0 bridgehead atoms. The molecule has 0 saturated heterocycles. The summed E-state index contributed by atoms with van der Waals surface area (Å²) in [5, 5.41) is 8.95. The van der Waals surface area contributed by atoms with Crippen LogP contribution in [0.1, 0.15) is 42.9 Å². The monoisotopic (exact) mass is 385 g/mol. The molecule has 0 aliphatic carbocycles. The van der Waals surface area contributed by atoms with Gasteiger partial charge >= 0.3 is 18.3 Å². The van der Waals surface area contributed by atoms with E-state index in [4.69, 9.17) is 10.8 Å². The molecule has 0 fully saturated rings. The average Bonchev–Trinajstić information content (AvgIpc) is 2.50. The lowest BCUT2D eigenvalue weighted by Crippen LogP contribution is -2.25. The Labute approximate surface area is 147 Å². The van der Waals surface area contributed by atoms with Crippen molar-refractivity contribution in [2.24, 2.45) is 17.6 Å². The number of carbonyl (C=O) groups is 1. The van der Waals surface area contributed by atoms with Crippen molar-refractivity contribution in [1.29, 1.82) is 0 Å². The first-order valence-electron chi connectivity index (χ1n) is 8.07. The van der Waals surface area contributed by atoms with Crippen LogP contribution in [-0.4, -0.2) is 17.6 Å². The zero-order chi connectivity index (χ0) is 20.1. The molecular formula is C17H21F6NO2. The minimum atomic E-state index is -4.88. The third kappa shape index (κ3) is 6.19. The molecule has 1 rings (SSSR count). The minimum Gasteiger partial charge on any atom is -0.481 e. The van der Waals surface area contributed by atoms with Gasteiger partial charge in [-0.1, -0.05) is 19.4 Å². The van der Waals surface area contributed by atoms with Crippen LogP contribution >= 0.6 is 0 Å². The van der Waals surface area contributed by atoms with Gasteiger partial charge < -0.3 is 10.8 Å². The molecule has 2 unspecified atom stereocenters. The SMILES string of the molecule is CC(CCCc1c(C(F)(F)F)cccc1C(F)(F)F)CC(CN)C(=O)O. The summed E-state index contributed by atoms with van der Waals surface area (Å²) in [6.45, 7) is 1.63. The van der Waals surface area contributed by atoms with Gasteiger partial charge in [-0.25, -0.2) is 0 Å². The van der Waals surface area contributed by atoms with Gasteiger partial charge in [-0.3, -0.25) is 4.79 Å². The van der Waals surface area contributed by atoms with E-state index in [2.05, 4.69) is 0 Å². The zero-order valence-electron chi connectivity index (χ0n) is 14.1. The Morgan fingerprint density at radius 1 is 1.12 bits per heavy atom. The molecule has 9 heteroatoms. The average molecular weight is 385 g/mol. The van der Waals surface area contributed by atoms with Gasteiger partial charge in [0.25, 0.3) is 0 Å². The van der Waals surface area contributed by atoms with Crippen LogP contribution in [0.15, 0.2) is 18.2 Å². The van der Waals surface area contributed by atoms with Crippen molar-refractivity contribution in [2.45, 2.75) is 45.0 Å². The van der Waals surface area contributed by atoms with Crippen LogP contribution in [0.25, 0.3) is 0 Å². The lowest BCUT2D eigenvalue weighted by molar-refractivity contribution is -0.145. The number of nitrogens with two attached hydrogens (primary N) is 1. The Hall–Kier alpha value is -1.77. The van der Waals surface area contributed by atoms with E-state index in [0.717, 1.165) is 6.07 Å². The van der Waals surface area contributed by atoms with E-state index in [0.29, 0.717) is 18.6 Å². The molecule has 0 spiro atoms. The van der Waals surface area contributed by atoms with Crippen LogP contribution in [0.4, 0.5) is 26.3 Å². The molecule has 0 radical (unpaired) electrons. The molecule has 0 aromatic heterocycles. The molecule has 26 heavy (non-hydrogen) atoms. The first kappa shape index (κ1) is 22.3. The number of aliphatic carboxylic acids is 1. The maximum Gasteiger partial charge on any atom is 0.416 e. The highest BCUT2D eigenvalue weighted by Gasteiger charge is 2.40. The molecule has 0 aliphatic heterocycles. The number of carboxylic acids is 1. The van der Waals surface area contributed by atoms with Crippen LogP contribution in [0.5, 0.6) is 0 Å². The number of rotatable bonds is 8. The van der Waals surface area contributed by atoms with Crippen LogP contribution in [0.3, 0.4) is 0 Å². The molecule has 3 nitrogen and oxygen atoms in total. The van der Waals surface area contributed by atoms with Crippen molar-refractivity contribution in [1.82, 2.24) is 0 Å². The van der Waals surface area contributed by atoms with Gasteiger partial charge in [-0.2, -0.15) is 26.3 Å². The van der Waals surface area contributed by atoms with Crippen molar-refractivity contribution in [3.63, 3.8) is 0 Å². The van der Waals surface area contributed by atoms with Crippen molar-refractivity contribution in [3.8, 4) is 0 Å². The predicted octanol–water partition coefficient (Wildman–Crippen LogP) is 4.73. The maximum absolute atomic E-state index is 13.1. The summed E-state index contributed by atoms with van der Waals surface area (Å²) in [7, 11) is 0. The van der Waals surface area contributed by atoms with E-state index in [9.17, 15) is 31.1 Å². The number of carboxylic acid groups (broad SMARTS) is 1. The van der Waals surface area contributed by atoms with E-state index < -0.39 is 47.4 Å². The topological polar surface area (TPSA) is 63.3 Å². The summed E-state index contributed by atoms with van der Waals surface area (Å²) in [4.78, 5) is 10.9. The molecule has 0 amide bonds. The van der Waals surface area contributed by atoms with E-state index >= 15 is 0 Å². The van der Waals surface area contributed by atoms with Crippen LogP contribution in [-0.2, 0) is 23.6 Å². The normalized spacial score (nSPS) is 14.9. The molecule has 1 aromatic carbocycles. The summed E-state index contributed by atoms with van der Waals surface area (Å²) in [5.74, 6) is -2.04. The third-order valence-corrected chi connectivity index (χ3v) is 4.23. The smallest absolute Gasteiger partial charge is 0.416 e. The molecule has 0 saturated carbocycles. The summed E-state index contributed by atoms with van der Waals surface area (Å²) < 4.78 is 78.4. The second-order valence-electron chi connectivity index (χ2n) is 6.33. The van der Waals surface area contributed by atoms with Gasteiger partial charge in [0.05, 0.1) is 17.0 Å². The first-order chi connectivity index (χ1) is 11.9. The largest absolute Gasteiger partial charge is 0.481 e. The predicted molar refractivity (Wildman–Crippen MR) is 83.3 cm³/mol. The number of hydrogen-bond acceptors (Lipinski definition) is 2. The van der Waals surface area contributed by atoms with Crippen molar-refractivity contribution in [3.05, 3.63) is 34.9 Å². The van der Waals surface area contributed by atoms with E-state index in [-0.39, 0.29) is 25.3 Å². The Morgan fingerprint density at radius 2 is 1.62 bits per heavy atom. The second-order valence-corrected chi connectivity index (χ2v) is 6.33. The number of halogens is 6. The fourth-order valence-electron chi connectivity index (χ4n) is 2.92. The fourth-order valence-corrected chi connectivity index (χ4v) is 2.92. The van der Waals surface area contributed by atoms with E-state index in [1.54, 1.807) is 6.92 Å². The highest BCUT2D eigenvalue weighted by molar-refractivity contribution is 5.70. The Morgan fingerprint density at radius 3 is 2.00 bits per heavy atom. The molecule has 0 heterocycles. The van der Waals surface area contributed by atoms with Gasteiger partial charge in [-0.05, 0) is 42.9 Å².